The molecule has 1 aromatic carbocycles. The molecule has 0 aliphatic rings. The third-order valence-electron chi connectivity index (χ3n) is 1.52. The lowest BCUT2D eigenvalue weighted by molar-refractivity contribution is 0.0721. The lowest BCUT2D eigenvalue weighted by Crippen LogP contribution is -2.29. The number of hydrogen-bond acceptors (Lipinski definition) is 3. The highest BCUT2D eigenvalue weighted by molar-refractivity contribution is 7.80. The van der Waals surface area contributed by atoms with E-state index in [1.54, 1.807) is 18.2 Å². The predicted octanol–water partition coefficient (Wildman–Crippen LogP) is 2.97. The van der Waals surface area contributed by atoms with Gasteiger partial charge in [0.15, 0.2) is 0 Å². The van der Waals surface area contributed by atoms with Crippen LogP contribution in [0.1, 0.15) is 10.4 Å². The van der Waals surface area contributed by atoms with Gasteiger partial charge < -0.3 is 4.43 Å². The molecule has 2 nitrogen and oxygen atoms in total. The van der Waals surface area contributed by atoms with Crippen molar-refractivity contribution in [3.05, 3.63) is 29.8 Å². The summed E-state index contributed by atoms with van der Waals surface area (Å²) in [6.45, 7) is 5.93. The van der Waals surface area contributed by atoms with Crippen molar-refractivity contribution in [2.75, 3.05) is 0 Å². The number of rotatable bonds is 2. The Morgan fingerprint density at radius 1 is 1.29 bits per heavy atom. The molecule has 0 aliphatic heterocycles. The zero-order valence-corrected chi connectivity index (χ0v) is 10.5. The maximum atomic E-state index is 11.6. The molecule has 0 atom stereocenters. The molecule has 0 spiro atoms. The minimum Gasteiger partial charge on any atom is -0.516 e. The van der Waals surface area contributed by atoms with Crippen molar-refractivity contribution in [1.29, 1.82) is 0 Å². The Bertz CT molecular complexity index is 344. The van der Waals surface area contributed by atoms with Crippen LogP contribution < -0.4 is 0 Å². The largest absolute Gasteiger partial charge is 0.516 e. The first-order chi connectivity index (χ1) is 6.40. The first kappa shape index (κ1) is 11.3. The van der Waals surface area contributed by atoms with E-state index in [1.807, 2.05) is 25.7 Å². The van der Waals surface area contributed by atoms with Crippen LogP contribution >= 0.6 is 12.6 Å². The van der Waals surface area contributed by atoms with E-state index in [-0.39, 0.29) is 5.97 Å². The van der Waals surface area contributed by atoms with Crippen LogP contribution in [0.25, 0.3) is 0 Å². The van der Waals surface area contributed by atoms with Crippen LogP contribution in [-0.4, -0.2) is 14.3 Å². The molecule has 0 unspecified atom stereocenters. The Balaban J connectivity index is 2.86. The van der Waals surface area contributed by atoms with Crippen molar-refractivity contribution >= 4 is 26.9 Å². The lowest BCUT2D eigenvalue weighted by atomic mass is 10.2. The molecule has 0 aromatic heterocycles. The predicted molar refractivity (Wildman–Crippen MR) is 62.5 cm³/mol. The maximum absolute atomic E-state index is 11.6. The molecule has 0 saturated heterocycles. The summed E-state index contributed by atoms with van der Waals surface area (Å²) in [6, 6.07) is 7.16. The molecule has 0 radical (unpaired) electrons. The molecule has 0 saturated carbocycles. The van der Waals surface area contributed by atoms with Crippen molar-refractivity contribution in [2.24, 2.45) is 0 Å². The van der Waals surface area contributed by atoms with Gasteiger partial charge in [-0.1, -0.05) is 12.1 Å². The minimum absolute atomic E-state index is 0.269. The van der Waals surface area contributed by atoms with Gasteiger partial charge in [0.2, 0.25) is 8.32 Å². The number of carbonyl (C=O) groups excluding carboxylic acids is 1. The van der Waals surface area contributed by atoms with Gasteiger partial charge >= 0.3 is 5.97 Å². The van der Waals surface area contributed by atoms with E-state index in [2.05, 4.69) is 12.6 Å². The Morgan fingerprint density at radius 3 is 2.36 bits per heavy atom. The standard InChI is InChI=1S/C10H14O2SSi/c1-14(2,3)12-10(11)8-6-4-5-7-9(8)13/h4-7,13H,1-3H3. The van der Waals surface area contributed by atoms with Gasteiger partial charge in [-0.25, -0.2) is 4.79 Å². The Morgan fingerprint density at radius 2 is 1.86 bits per heavy atom. The normalized spacial score (nSPS) is 11.1. The summed E-state index contributed by atoms with van der Waals surface area (Å²) >= 11 is 4.20. The molecule has 0 N–H and O–H groups in total. The number of hydrogen-bond donors (Lipinski definition) is 1. The molecule has 1 aromatic rings. The average molecular weight is 226 g/mol. The number of thiol groups is 1. The summed E-state index contributed by atoms with van der Waals surface area (Å²) in [5.74, 6) is -0.269. The van der Waals surface area contributed by atoms with Crippen LogP contribution in [0.4, 0.5) is 0 Å². The molecule has 14 heavy (non-hydrogen) atoms. The van der Waals surface area contributed by atoms with Crippen molar-refractivity contribution in [3.8, 4) is 0 Å². The molecular weight excluding hydrogens is 212 g/mol. The summed E-state index contributed by atoms with van der Waals surface area (Å²) in [5.41, 5.74) is 0.540. The van der Waals surface area contributed by atoms with Gasteiger partial charge in [-0.2, -0.15) is 0 Å². The van der Waals surface area contributed by atoms with E-state index in [4.69, 9.17) is 4.43 Å². The Labute approximate surface area is 90.8 Å². The highest BCUT2D eigenvalue weighted by Crippen LogP contribution is 2.16. The van der Waals surface area contributed by atoms with Crippen molar-refractivity contribution < 1.29 is 9.22 Å². The van der Waals surface area contributed by atoms with Crippen LogP contribution in [0, 0.1) is 0 Å². The van der Waals surface area contributed by atoms with Crippen LogP contribution in [-0.2, 0) is 4.43 Å². The molecule has 4 heteroatoms. The van der Waals surface area contributed by atoms with Crippen LogP contribution in [0.2, 0.25) is 19.6 Å². The summed E-state index contributed by atoms with van der Waals surface area (Å²) in [6.07, 6.45) is 0. The molecule has 0 fully saturated rings. The highest BCUT2D eigenvalue weighted by atomic mass is 32.1. The zero-order valence-electron chi connectivity index (χ0n) is 8.57. The van der Waals surface area contributed by atoms with Gasteiger partial charge in [-0.15, -0.1) is 12.6 Å². The second-order valence-electron chi connectivity index (χ2n) is 4.02. The first-order valence-corrected chi connectivity index (χ1v) is 8.27. The molecule has 76 valence electrons. The van der Waals surface area contributed by atoms with Crippen LogP contribution in [0.5, 0.6) is 0 Å². The van der Waals surface area contributed by atoms with Gasteiger partial charge in [-0.05, 0) is 31.8 Å². The molecule has 0 heterocycles. The van der Waals surface area contributed by atoms with Crippen LogP contribution in [0.3, 0.4) is 0 Å². The van der Waals surface area contributed by atoms with E-state index in [9.17, 15) is 4.79 Å². The maximum Gasteiger partial charge on any atom is 0.325 e. The minimum atomic E-state index is -1.81. The number of benzene rings is 1. The topological polar surface area (TPSA) is 26.3 Å². The number of carbonyl (C=O) groups is 1. The smallest absolute Gasteiger partial charge is 0.325 e. The molecule has 0 amide bonds. The van der Waals surface area contributed by atoms with Gasteiger partial charge in [-0.3, -0.25) is 0 Å². The van der Waals surface area contributed by atoms with E-state index < -0.39 is 8.32 Å². The summed E-state index contributed by atoms with van der Waals surface area (Å²) < 4.78 is 5.36. The molecule has 1 rings (SSSR count). The van der Waals surface area contributed by atoms with Gasteiger partial charge in [0.05, 0.1) is 5.56 Å². The second kappa shape index (κ2) is 4.19. The second-order valence-corrected chi connectivity index (χ2v) is 8.93. The molecule has 0 bridgehead atoms. The van der Waals surface area contributed by atoms with Gasteiger partial charge in [0.25, 0.3) is 0 Å². The fraction of sp³-hybridized carbons (Fsp3) is 0.300. The molecular formula is C10H14O2SSi. The van der Waals surface area contributed by atoms with Crippen molar-refractivity contribution in [3.63, 3.8) is 0 Å². The lowest BCUT2D eigenvalue weighted by Gasteiger charge is -2.17. The third-order valence-corrected chi connectivity index (χ3v) is 2.71. The third kappa shape index (κ3) is 3.19. The van der Waals surface area contributed by atoms with Gasteiger partial charge in [0, 0.05) is 4.90 Å². The summed E-state index contributed by atoms with van der Waals surface area (Å²) in [5, 5.41) is 0. The van der Waals surface area contributed by atoms with Gasteiger partial charge in [0.1, 0.15) is 0 Å². The van der Waals surface area contributed by atoms with Crippen LogP contribution in [0.15, 0.2) is 29.2 Å². The summed E-state index contributed by atoms with van der Waals surface area (Å²) in [4.78, 5) is 12.3. The van der Waals surface area contributed by atoms with E-state index in [0.29, 0.717) is 10.5 Å². The fourth-order valence-electron chi connectivity index (χ4n) is 0.979. The quantitative estimate of drug-likeness (QED) is 0.620. The van der Waals surface area contributed by atoms with Crippen molar-refractivity contribution in [1.82, 2.24) is 0 Å². The molecule has 0 aliphatic carbocycles. The first-order valence-electron chi connectivity index (χ1n) is 4.41. The average Bonchev–Trinajstić information content (AvgIpc) is 2.01. The Hall–Kier alpha value is -0.743. The SMILES string of the molecule is C[Si](C)(C)OC(=O)c1ccccc1S. The summed E-state index contributed by atoms with van der Waals surface area (Å²) in [7, 11) is -1.81. The van der Waals surface area contributed by atoms with E-state index >= 15 is 0 Å². The zero-order chi connectivity index (χ0) is 10.8. The van der Waals surface area contributed by atoms with E-state index in [0.717, 1.165) is 0 Å². The van der Waals surface area contributed by atoms with E-state index in [1.165, 1.54) is 0 Å². The highest BCUT2D eigenvalue weighted by Gasteiger charge is 2.21. The monoisotopic (exact) mass is 226 g/mol. The fourth-order valence-corrected chi connectivity index (χ4v) is 1.90. The Kier molecular flexibility index (Phi) is 3.39. The van der Waals surface area contributed by atoms with Crippen molar-refractivity contribution in [2.45, 2.75) is 24.5 Å².